The van der Waals surface area contributed by atoms with Gasteiger partial charge in [0.25, 0.3) is 0 Å². The molecule has 6 rings (SSSR count). The van der Waals surface area contributed by atoms with Crippen LogP contribution in [-0.2, 0) is 19.4 Å². The molecule has 1 aliphatic rings. The minimum atomic E-state index is 0.578. The van der Waals surface area contributed by atoms with E-state index in [1.54, 1.807) is 0 Å². The Morgan fingerprint density at radius 2 is 1.88 bits per heavy atom. The molecule has 0 saturated heterocycles. The van der Waals surface area contributed by atoms with Gasteiger partial charge in [-0.15, -0.1) is 10.2 Å². The Bertz CT molecular complexity index is 1420. The van der Waals surface area contributed by atoms with E-state index in [2.05, 4.69) is 73.8 Å². The molecule has 0 amide bonds. The molecule has 0 saturated carbocycles. The van der Waals surface area contributed by atoms with E-state index in [1.165, 1.54) is 17.5 Å². The molecule has 0 spiro atoms. The normalized spacial score (nSPS) is 13.2. The van der Waals surface area contributed by atoms with Crippen LogP contribution in [0.3, 0.4) is 0 Å². The van der Waals surface area contributed by atoms with Gasteiger partial charge in [0, 0.05) is 28.8 Å². The van der Waals surface area contributed by atoms with Crippen molar-refractivity contribution in [1.82, 2.24) is 35.2 Å². The van der Waals surface area contributed by atoms with Gasteiger partial charge in [-0.05, 0) is 55.5 Å². The molecule has 0 fully saturated rings. The fourth-order valence-corrected chi connectivity index (χ4v) is 4.71. The summed E-state index contributed by atoms with van der Waals surface area (Å²) in [5.74, 6) is 2.22. The second kappa shape index (κ2) is 8.12. The topological polar surface area (TPSA) is 97.2 Å². The summed E-state index contributed by atoms with van der Waals surface area (Å²) in [6.07, 6.45) is 4.33. The lowest BCUT2D eigenvalue weighted by atomic mass is 9.96. The number of anilines is 1. The van der Waals surface area contributed by atoms with E-state index in [-0.39, 0.29) is 0 Å². The molecule has 0 atom stereocenters. The SMILES string of the molecule is Cc1cc2c(-c3nn[nH]n3)cccc2n1-c1nc2c(c(NCc3ccccc3)n1)CCCC2. The van der Waals surface area contributed by atoms with Gasteiger partial charge >= 0.3 is 0 Å². The zero-order valence-corrected chi connectivity index (χ0v) is 18.4. The van der Waals surface area contributed by atoms with Gasteiger partial charge in [-0.3, -0.25) is 4.57 Å². The van der Waals surface area contributed by atoms with Crippen molar-refractivity contribution in [3.8, 4) is 17.3 Å². The Balaban J connectivity index is 1.47. The predicted molar refractivity (Wildman–Crippen MR) is 127 cm³/mol. The van der Waals surface area contributed by atoms with E-state index in [1.807, 2.05) is 18.2 Å². The third kappa shape index (κ3) is 3.53. The van der Waals surface area contributed by atoms with Crippen molar-refractivity contribution in [2.24, 2.45) is 0 Å². The minimum Gasteiger partial charge on any atom is -0.366 e. The Morgan fingerprint density at radius 3 is 2.73 bits per heavy atom. The number of hydrogen-bond acceptors (Lipinski definition) is 6. The molecular weight excluding hydrogens is 412 g/mol. The van der Waals surface area contributed by atoms with Crippen molar-refractivity contribution in [3.05, 3.63) is 77.1 Å². The lowest BCUT2D eigenvalue weighted by Gasteiger charge is -2.21. The van der Waals surface area contributed by atoms with Crippen LogP contribution in [0.1, 0.15) is 35.4 Å². The van der Waals surface area contributed by atoms with Crippen LogP contribution in [0, 0.1) is 6.92 Å². The number of rotatable bonds is 5. The summed E-state index contributed by atoms with van der Waals surface area (Å²) in [5.41, 5.74) is 6.66. The van der Waals surface area contributed by atoms with Crippen LogP contribution in [-0.4, -0.2) is 35.2 Å². The average molecular weight is 437 g/mol. The van der Waals surface area contributed by atoms with Crippen LogP contribution in [0.5, 0.6) is 0 Å². The molecule has 8 heteroatoms. The lowest BCUT2D eigenvalue weighted by molar-refractivity contribution is 0.659. The molecule has 2 aromatic carbocycles. The highest BCUT2D eigenvalue weighted by Crippen LogP contribution is 2.32. The Morgan fingerprint density at radius 1 is 1.00 bits per heavy atom. The first-order chi connectivity index (χ1) is 16.3. The fraction of sp³-hybridized carbons (Fsp3) is 0.240. The van der Waals surface area contributed by atoms with Crippen LogP contribution in [0.25, 0.3) is 28.2 Å². The second-order valence-electron chi connectivity index (χ2n) is 8.44. The van der Waals surface area contributed by atoms with Crippen molar-refractivity contribution >= 4 is 16.7 Å². The van der Waals surface area contributed by atoms with Gasteiger partial charge in [0.2, 0.25) is 11.8 Å². The molecule has 0 aliphatic heterocycles. The maximum absolute atomic E-state index is 5.04. The Labute approximate surface area is 191 Å². The zero-order valence-electron chi connectivity index (χ0n) is 18.4. The number of nitrogens with one attached hydrogen (secondary N) is 2. The van der Waals surface area contributed by atoms with Gasteiger partial charge in [0.15, 0.2) is 0 Å². The summed E-state index contributed by atoms with van der Waals surface area (Å²) in [6.45, 7) is 2.82. The smallest absolute Gasteiger partial charge is 0.236 e. The summed E-state index contributed by atoms with van der Waals surface area (Å²) < 4.78 is 2.13. The predicted octanol–water partition coefficient (Wildman–Crippen LogP) is 4.40. The third-order valence-corrected chi connectivity index (χ3v) is 6.29. The van der Waals surface area contributed by atoms with Gasteiger partial charge in [-0.2, -0.15) is 10.2 Å². The summed E-state index contributed by atoms with van der Waals surface area (Å²) >= 11 is 0. The van der Waals surface area contributed by atoms with E-state index in [9.17, 15) is 0 Å². The molecule has 164 valence electrons. The van der Waals surface area contributed by atoms with Crippen molar-refractivity contribution in [1.29, 1.82) is 0 Å². The number of H-pyrrole nitrogens is 1. The quantitative estimate of drug-likeness (QED) is 0.424. The van der Waals surface area contributed by atoms with E-state index in [0.717, 1.165) is 59.5 Å². The standard InChI is InChI=1S/C25H24N8/c1-16-14-20-18(24-29-31-32-30-24)11-7-13-22(20)33(16)25-27-21-12-6-5-10-19(21)23(28-25)26-15-17-8-3-2-4-9-17/h2-4,7-9,11,13-14H,5-6,10,12,15H2,1H3,(H,26,27,28)(H,29,30,31,32). The van der Waals surface area contributed by atoms with Crippen molar-refractivity contribution in [3.63, 3.8) is 0 Å². The molecule has 33 heavy (non-hydrogen) atoms. The van der Waals surface area contributed by atoms with Crippen molar-refractivity contribution in [2.75, 3.05) is 5.32 Å². The lowest BCUT2D eigenvalue weighted by Crippen LogP contribution is -2.16. The van der Waals surface area contributed by atoms with E-state index in [0.29, 0.717) is 11.8 Å². The van der Waals surface area contributed by atoms with Gasteiger partial charge in [-0.25, -0.2) is 4.98 Å². The number of hydrogen-bond donors (Lipinski definition) is 2. The van der Waals surface area contributed by atoms with Crippen LogP contribution in [0.15, 0.2) is 54.6 Å². The van der Waals surface area contributed by atoms with Gasteiger partial charge in [-0.1, -0.05) is 42.5 Å². The maximum atomic E-state index is 5.04. The maximum Gasteiger partial charge on any atom is 0.236 e. The highest BCUT2D eigenvalue weighted by atomic mass is 15.5. The Hall–Kier alpha value is -4.07. The molecule has 1 aliphatic carbocycles. The monoisotopic (exact) mass is 436 g/mol. The van der Waals surface area contributed by atoms with E-state index >= 15 is 0 Å². The number of nitrogens with zero attached hydrogens (tertiary/aromatic N) is 6. The first kappa shape index (κ1) is 19.6. The molecular formula is C25H24N8. The molecule has 8 nitrogen and oxygen atoms in total. The van der Waals surface area contributed by atoms with Gasteiger partial charge < -0.3 is 5.32 Å². The molecule has 0 radical (unpaired) electrons. The summed E-state index contributed by atoms with van der Waals surface area (Å²) in [7, 11) is 0. The molecule has 3 aromatic heterocycles. The average Bonchev–Trinajstić information content (AvgIpc) is 3.50. The van der Waals surface area contributed by atoms with Crippen molar-refractivity contribution in [2.45, 2.75) is 39.2 Å². The van der Waals surface area contributed by atoms with Crippen molar-refractivity contribution < 1.29 is 0 Å². The second-order valence-corrected chi connectivity index (χ2v) is 8.44. The fourth-order valence-electron chi connectivity index (χ4n) is 4.71. The van der Waals surface area contributed by atoms with Crippen LogP contribution in [0.2, 0.25) is 0 Å². The number of aryl methyl sites for hydroxylation is 2. The van der Waals surface area contributed by atoms with Gasteiger partial charge in [0.05, 0.1) is 11.2 Å². The Kier molecular flexibility index (Phi) is 4.83. The summed E-state index contributed by atoms with van der Waals surface area (Å²) in [6, 6.07) is 18.7. The first-order valence-electron chi connectivity index (χ1n) is 11.3. The largest absolute Gasteiger partial charge is 0.366 e. The molecule has 5 aromatic rings. The molecule has 0 bridgehead atoms. The zero-order chi connectivity index (χ0) is 22.2. The number of aromatic amines is 1. The number of tetrazole rings is 1. The number of aromatic nitrogens is 7. The van der Waals surface area contributed by atoms with Crippen LogP contribution >= 0.6 is 0 Å². The summed E-state index contributed by atoms with van der Waals surface area (Å²) in [5, 5.41) is 19.3. The molecule has 3 heterocycles. The highest BCUT2D eigenvalue weighted by Gasteiger charge is 2.21. The van der Waals surface area contributed by atoms with Crippen LogP contribution < -0.4 is 5.32 Å². The highest BCUT2D eigenvalue weighted by molar-refractivity contribution is 5.95. The first-order valence-corrected chi connectivity index (χ1v) is 11.3. The van der Waals surface area contributed by atoms with Gasteiger partial charge in [0.1, 0.15) is 5.82 Å². The number of fused-ring (bicyclic) bond motifs is 2. The number of benzene rings is 2. The van der Waals surface area contributed by atoms with E-state index in [4.69, 9.17) is 9.97 Å². The molecule has 2 N–H and O–H groups in total. The molecule has 0 unspecified atom stereocenters. The van der Waals surface area contributed by atoms with E-state index < -0.39 is 0 Å². The van der Waals surface area contributed by atoms with Crippen LogP contribution in [0.4, 0.5) is 5.82 Å². The minimum absolute atomic E-state index is 0.578. The third-order valence-electron chi connectivity index (χ3n) is 6.29. The summed E-state index contributed by atoms with van der Waals surface area (Å²) in [4.78, 5) is 10.1.